The van der Waals surface area contributed by atoms with Crippen molar-refractivity contribution in [2.45, 2.75) is 153 Å². The number of nitrogens with zero attached hydrogens (tertiary/aromatic N) is 2. The van der Waals surface area contributed by atoms with E-state index < -0.39 is 152 Å². The van der Waals surface area contributed by atoms with Crippen LogP contribution in [-0.2, 0) is 64.0 Å². The summed E-state index contributed by atoms with van der Waals surface area (Å²) in [6, 6.07) is -5.25. The number of hydrogen-bond acceptors (Lipinski definition) is 15. The Kier molecular flexibility index (Phi) is 24.6. The van der Waals surface area contributed by atoms with Gasteiger partial charge in [0.1, 0.15) is 48.3 Å². The number of likely N-dealkylation sites (tertiary alicyclic amines) is 2. The van der Waals surface area contributed by atoms with Gasteiger partial charge in [-0.1, -0.05) is 45.9 Å². The van der Waals surface area contributed by atoms with Crippen molar-refractivity contribution >= 4 is 81.9 Å². The van der Waals surface area contributed by atoms with Crippen LogP contribution in [0, 0.1) is 11.8 Å². The minimum Gasteiger partial charge on any atom is -0.480 e. The summed E-state index contributed by atoms with van der Waals surface area (Å²) in [5, 5.41) is 47.5. The number of aromatic amines is 1. The van der Waals surface area contributed by atoms with Crippen molar-refractivity contribution in [3.63, 3.8) is 0 Å². The summed E-state index contributed by atoms with van der Waals surface area (Å²) in [5.74, 6) is -10.8. The van der Waals surface area contributed by atoms with E-state index in [-0.39, 0.29) is 76.3 Å². The lowest BCUT2D eigenvalue weighted by molar-refractivity contribution is -0.147. The second-order valence-corrected chi connectivity index (χ2v) is 20.7. The van der Waals surface area contributed by atoms with E-state index in [2.05, 4.69) is 42.2 Å². The van der Waals surface area contributed by atoms with Crippen LogP contribution in [0.25, 0.3) is 10.9 Å². The van der Waals surface area contributed by atoms with Gasteiger partial charge in [0.2, 0.25) is 65.0 Å². The third kappa shape index (κ3) is 19.0. The molecule has 0 radical (unpaired) electrons. The zero-order valence-electron chi connectivity index (χ0n) is 44.9. The Morgan fingerprint density at radius 1 is 0.620 bits per heavy atom. The van der Waals surface area contributed by atoms with E-state index in [1.54, 1.807) is 58.2 Å². The maximum atomic E-state index is 14.4. The number of carboxylic acids is 1. The van der Waals surface area contributed by atoms with E-state index in [1.807, 2.05) is 0 Å². The van der Waals surface area contributed by atoms with Gasteiger partial charge in [-0.2, -0.15) is 0 Å². The Labute approximate surface area is 456 Å². The molecule has 2 saturated heterocycles. The number of primary amides is 2. The van der Waals surface area contributed by atoms with Crippen molar-refractivity contribution in [2.75, 3.05) is 32.8 Å². The molecule has 0 spiro atoms. The van der Waals surface area contributed by atoms with E-state index >= 15 is 0 Å². The molecule has 0 bridgehead atoms. The van der Waals surface area contributed by atoms with E-state index in [0.29, 0.717) is 29.3 Å². The van der Waals surface area contributed by atoms with Gasteiger partial charge in [-0.25, -0.2) is 4.79 Å². The number of carboxylic acid groups (broad SMARTS) is 1. The Balaban J connectivity index is 1.51. The summed E-state index contributed by atoms with van der Waals surface area (Å²) in [6.07, 6.45) is 1.85. The standard InChI is InChI=1S/C51H77N13O15/c1-26(2)19-33(45(72)57-32(14-16-41(54)68)44(71)62-37(25-66)51(78)79)58-47(74)35(21-28-22-55-31-10-6-5-9-29(28)31)59-48(75)36(24-65)61-46(73)34(20-27(3)4)60-49(76)38-11-7-18-64(38)50(77)39-12-8-17-63(39)42(69)23-56-43(70)30(52)13-15-40(53)67/h5-6,9-10,22,26-27,30,32-39,55,65-66H,7-8,11-21,23-25,52H2,1-4H3,(H2,53,67)(H2,54,68)(H,56,70)(H,57,72)(H,58,74)(H,59,75)(H,60,76)(H,61,73)(H,62,71)(H,78,79)/t30-,32-,33-,34-,35-,36-,37-,38-,39-/m0/s1. The van der Waals surface area contributed by atoms with Gasteiger partial charge in [0.15, 0.2) is 0 Å². The van der Waals surface area contributed by atoms with Crippen LogP contribution in [0.5, 0.6) is 0 Å². The number of nitrogens with two attached hydrogens (primary N) is 3. The maximum Gasteiger partial charge on any atom is 0.328 e. The molecule has 17 N–H and O–H groups in total. The number of rotatable bonds is 31. The van der Waals surface area contributed by atoms with Gasteiger partial charge >= 0.3 is 5.97 Å². The molecule has 4 rings (SSSR count). The lowest BCUT2D eigenvalue weighted by atomic mass is 9.99. The number of carbonyl (C=O) groups excluding carboxylic acids is 11. The monoisotopic (exact) mass is 1110 g/mol. The number of aliphatic carboxylic acids is 1. The Morgan fingerprint density at radius 2 is 1.11 bits per heavy atom. The number of benzene rings is 1. The smallest absolute Gasteiger partial charge is 0.328 e. The lowest BCUT2D eigenvalue weighted by Gasteiger charge is -2.32. The van der Waals surface area contributed by atoms with E-state index in [9.17, 15) is 72.9 Å². The van der Waals surface area contributed by atoms with Crippen LogP contribution in [0.2, 0.25) is 0 Å². The first-order chi connectivity index (χ1) is 37.3. The van der Waals surface area contributed by atoms with Crippen LogP contribution in [-0.4, -0.2) is 188 Å². The molecule has 436 valence electrons. The number of aliphatic hydroxyl groups is 2. The van der Waals surface area contributed by atoms with Crippen molar-refractivity contribution in [1.29, 1.82) is 0 Å². The van der Waals surface area contributed by atoms with Gasteiger partial charge in [-0.15, -0.1) is 0 Å². The van der Waals surface area contributed by atoms with Crippen LogP contribution in [0.3, 0.4) is 0 Å². The topological polar surface area (TPSA) is 450 Å². The molecular formula is C51H77N13O15. The molecule has 28 nitrogen and oxygen atoms in total. The zero-order valence-corrected chi connectivity index (χ0v) is 44.9. The fourth-order valence-electron chi connectivity index (χ4n) is 9.34. The van der Waals surface area contributed by atoms with Crippen molar-refractivity contribution in [1.82, 2.24) is 52.0 Å². The quantitative estimate of drug-likeness (QED) is 0.0340. The molecule has 0 saturated carbocycles. The van der Waals surface area contributed by atoms with Crippen molar-refractivity contribution in [3.05, 3.63) is 36.0 Å². The molecule has 0 unspecified atom stereocenters. The van der Waals surface area contributed by atoms with E-state index in [4.69, 9.17) is 17.2 Å². The Hall–Kier alpha value is -7.72. The second kappa shape index (κ2) is 30.4. The van der Waals surface area contributed by atoms with Gasteiger partial charge in [0.25, 0.3) is 0 Å². The molecular weight excluding hydrogens is 1030 g/mol. The predicted octanol–water partition coefficient (Wildman–Crippen LogP) is -4.26. The number of hydrogen-bond donors (Lipinski definition) is 14. The van der Waals surface area contributed by atoms with Crippen molar-refractivity contribution in [3.8, 4) is 0 Å². The van der Waals surface area contributed by atoms with Crippen LogP contribution >= 0.6 is 0 Å². The highest BCUT2D eigenvalue weighted by Crippen LogP contribution is 2.26. The lowest BCUT2D eigenvalue weighted by Crippen LogP contribution is -2.61. The Bertz CT molecular complexity index is 2540. The van der Waals surface area contributed by atoms with Crippen LogP contribution in [0.1, 0.15) is 97.5 Å². The van der Waals surface area contributed by atoms with Crippen molar-refractivity contribution in [2.24, 2.45) is 29.0 Å². The number of carbonyl (C=O) groups is 12. The summed E-state index contributed by atoms with van der Waals surface area (Å²) in [5.41, 5.74) is 17.5. The highest BCUT2D eigenvalue weighted by molar-refractivity contribution is 5.99. The van der Waals surface area contributed by atoms with Crippen LogP contribution in [0.4, 0.5) is 0 Å². The minimum atomic E-state index is -1.76. The molecule has 79 heavy (non-hydrogen) atoms. The number of fused-ring (bicyclic) bond motifs is 1. The highest BCUT2D eigenvalue weighted by atomic mass is 16.4. The number of nitrogens with one attached hydrogen (secondary N) is 8. The number of aliphatic hydroxyl groups excluding tert-OH is 2. The van der Waals surface area contributed by atoms with Crippen LogP contribution < -0.4 is 54.4 Å². The molecule has 2 aliphatic heterocycles. The predicted molar refractivity (Wildman–Crippen MR) is 282 cm³/mol. The van der Waals surface area contributed by atoms with Crippen LogP contribution in [0.15, 0.2) is 30.5 Å². The largest absolute Gasteiger partial charge is 0.480 e. The average molecular weight is 1110 g/mol. The average Bonchev–Trinajstić information content (AvgIpc) is 4.20. The van der Waals surface area contributed by atoms with Gasteiger partial charge in [-0.05, 0) is 74.8 Å². The molecule has 11 amide bonds. The molecule has 9 atom stereocenters. The summed E-state index contributed by atoms with van der Waals surface area (Å²) in [6.45, 7) is 4.95. The number of H-pyrrole nitrogens is 1. The first-order valence-corrected chi connectivity index (χ1v) is 26.4. The molecule has 1 aromatic heterocycles. The van der Waals surface area contributed by atoms with E-state index in [0.717, 1.165) is 0 Å². The third-order valence-corrected chi connectivity index (χ3v) is 13.5. The van der Waals surface area contributed by atoms with Gasteiger partial charge < -0.3 is 84.5 Å². The second-order valence-electron chi connectivity index (χ2n) is 20.7. The first-order valence-electron chi connectivity index (χ1n) is 26.4. The number of amides is 11. The first kappa shape index (κ1) is 63.8. The third-order valence-electron chi connectivity index (χ3n) is 13.5. The molecule has 2 fully saturated rings. The summed E-state index contributed by atoms with van der Waals surface area (Å²) in [4.78, 5) is 164. The maximum absolute atomic E-state index is 14.4. The normalized spacial score (nSPS) is 17.8. The molecule has 3 heterocycles. The number of aromatic nitrogens is 1. The van der Waals surface area contributed by atoms with Gasteiger partial charge in [0.05, 0.1) is 25.8 Å². The summed E-state index contributed by atoms with van der Waals surface area (Å²) >= 11 is 0. The van der Waals surface area contributed by atoms with E-state index in [1.165, 1.54) is 9.80 Å². The molecule has 2 aliphatic rings. The molecule has 0 aliphatic carbocycles. The van der Waals surface area contributed by atoms with Crippen molar-refractivity contribution < 1.29 is 72.9 Å². The molecule has 28 heteroatoms. The molecule has 1 aromatic carbocycles. The summed E-state index contributed by atoms with van der Waals surface area (Å²) in [7, 11) is 0. The fraction of sp³-hybridized carbons (Fsp3) is 0.608. The summed E-state index contributed by atoms with van der Waals surface area (Å²) < 4.78 is 0. The SMILES string of the molecule is CC(C)C[C@H](NC(=O)[C@H](Cc1c[nH]c2ccccc12)NC(=O)[C@H](CO)NC(=O)[C@H](CC(C)C)NC(=O)[C@@H]1CCCN1C(=O)[C@@H]1CCCN1C(=O)CNC(=O)[C@@H](N)CCC(N)=O)C(=O)N[C@@H](CCC(N)=O)C(=O)N[C@@H](CO)C(=O)O. The zero-order chi connectivity index (χ0) is 58.7. The fourth-order valence-corrected chi connectivity index (χ4v) is 9.34. The minimum absolute atomic E-state index is 0.0269. The van der Waals surface area contributed by atoms with Gasteiger partial charge in [0, 0.05) is 49.5 Å². The highest BCUT2D eigenvalue weighted by Gasteiger charge is 2.43. The van der Waals surface area contributed by atoms with Gasteiger partial charge in [-0.3, -0.25) is 52.7 Å². The Morgan fingerprint density at radius 3 is 1.71 bits per heavy atom. The number of para-hydroxylation sites is 1. The molecule has 2 aromatic rings.